The van der Waals surface area contributed by atoms with Crippen molar-refractivity contribution < 1.29 is 4.79 Å². The smallest absolute Gasteiger partial charge is 0.252 e. The van der Waals surface area contributed by atoms with E-state index in [4.69, 9.17) is 0 Å². The van der Waals surface area contributed by atoms with E-state index in [1.165, 1.54) is 0 Å². The van der Waals surface area contributed by atoms with Gasteiger partial charge in [-0.2, -0.15) is 11.8 Å². The first kappa shape index (κ1) is 15.5. The molecule has 1 amide bonds. The number of carbonyl (C=O) groups excluding carboxylic acids is 1. The molecule has 0 aromatic carbocycles. The molecular formula is C13H19BrN2OS. The lowest BCUT2D eigenvalue weighted by Gasteiger charge is -2.29. The van der Waals surface area contributed by atoms with Crippen LogP contribution < -0.4 is 5.32 Å². The van der Waals surface area contributed by atoms with Crippen molar-refractivity contribution in [1.82, 2.24) is 10.3 Å². The molecule has 100 valence electrons. The van der Waals surface area contributed by atoms with Crippen LogP contribution in [0.15, 0.2) is 22.9 Å². The third-order valence-corrected chi connectivity index (χ3v) is 5.28. The van der Waals surface area contributed by atoms with Crippen LogP contribution in [0.5, 0.6) is 0 Å². The molecule has 0 atom stereocenters. The van der Waals surface area contributed by atoms with Gasteiger partial charge in [0.2, 0.25) is 0 Å². The Bertz CT molecular complexity index is 399. The second-order valence-electron chi connectivity index (χ2n) is 4.17. The number of amides is 1. The second kappa shape index (κ2) is 7.14. The van der Waals surface area contributed by atoms with Crippen LogP contribution in [0.2, 0.25) is 0 Å². The van der Waals surface area contributed by atoms with E-state index in [1.54, 1.807) is 18.5 Å². The molecule has 1 N–H and O–H groups in total. The number of nitrogens with one attached hydrogen (secondary N) is 1. The summed E-state index contributed by atoms with van der Waals surface area (Å²) >= 11 is 5.13. The SMILES string of the molecule is CCC(CC)(CNC(=O)c1cncc(Br)c1)SC. The number of halogens is 1. The predicted octanol–water partition coefficient (Wildman–Crippen LogP) is 3.50. The first-order chi connectivity index (χ1) is 8.56. The van der Waals surface area contributed by atoms with E-state index < -0.39 is 0 Å². The molecule has 5 heteroatoms. The molecule has 18 heavy (non-hydrogen) atoms. The quantitative estimate of drug-likeness (QED) is 0.867. The van der Waals surface area contributed by atoms with Crippen molar-refractivity contribution in [2.75, 3.05) is 12.8 Å². The van der Waals surface area contributed by atoms with E-state index in [2.05, 4.69) is 46.3 Å². The molecule has 1 aromatic heterocycles. The highest BCUT2D eigenvalue weighted by Gasteiger charge is 2.25. The van der Waals surface area contributed by atoms with E-state index in [0.29, 0.717) is 12.1 Å². The summed E-state index contributed by atoms with van der Waals surface area (Å²) in [5.74, 6) is -0.0656. The molecule has 1 rings (SSSR count). The Hall–Kier alpha value is -0.550. The van der Waals surface area contributed by atoms with Gasteiger partial charge in [-0.1, -0.05) is 13.8 Å². The van der Waals surface area contributed by atoms with Crippen molar-refractivity contribution in [3.63, 3.8) is 0 Å². The fourth-order valence-electron chi connectivity index (χ4n) is 1.74. The number of rotatable bonds is 6. The van der Waals surface area contributed by atoms with Gasteiger partial charge in [0, 0.05) is 28.2 Å². The van der Waals surface area contributed by atoms with E-state index in [-0.39, 0.29) is 10.7 Å². The number of hydrogen-bond acceptors (Lipinski definition) is 3. The molecule has 0 aliphatic carbocycles. The van der Waals surface area contributed by atoms with E-state index in [9.17, 15) is 4.79 Å². The van der Waals surface area contributed by atoms with Gasteiger partial charge in [-0.3, -0.25) is 9.78 Å². The van der Waals surface area contributed by atoms with Crippen LogP contribution in [0.3, 0.4) is 0 Å². The van der Waals surface area contributed by atoms with Crippen LogP contribution in [0.4, 0.5) is 0 Å². The summed E-state index contributed by atoms with van der Waals surface area (Å²) in [5.41, 5.74) is 0.589. The third-order valence-electron chi connectivity index (χ3n) is 3.26. The molecule has 0 fully saturated rings. The number of nitrogens with zero attached hydrogens (tertiary/aromatic N) is 1. The van der Waals surface area contributed by atoms with Gasteiger partial charge in [0.1, 0.15) is 0 Å². The summed E-state index contributed by atoms with van der Waals surface area (Å²) in [6.45, 7) is 5.01. The molecule has 0 aliphatic heterocycles. The van der Waals surface area contributed by atoms with Gasteiger partial charge in [0.05, 0.1) is 5.56 Å². The van der Waals surface area contributed by atoms with Crippen molar-refractivity contribution in [1.29, 1.82) is 0 Å². The average molecular weight is 331 g/mol. The minimum atomic E-state index is -0.0656. The topological polar surface area (TPSA) is 42.0 Å². The molecule has 0 unspecified atom stereocenters. The summed E-state index contributed by atoms with van der Waals surface area (Å²) in [6.07, 6.45) is 7.43. The summed E-state index contributed by atoms with van der Waals surface area (Å²) in [7, 11) is 0. The Morgan fingerprint density at radius 1 is 1.44 bits per heavy atom. The lowest BCUT2D eigenvalue weighted by Crippen LogP contribution is -2.39. The van der Waals surface area contributed by atoms with Gasteiger partial charge in [0.25, 0.3) is 5.91 Å². The van der Waals surface area contributed by atoms with Crippen LogP contribution >= 0.6 is 27.7 Å². The first-order valence-electron chi connectivity index (χ1n) is 6.01. The van der Waals surface area contributed by atoms with Crippen molar-refractivity contribution >= 4 is 33.6 Å². The van der Waals surface area contributed by atoms with Gasteiger partial charge < -0.3 is 5.32 Å². The molecule has 0 saturated heterocycles. The maximum Gasteiger partial charge on any atom is 0.252 e. The van der Waals surface area contributed by atoms with Crippen LogP contribution in [-0.4, -0.2) is 28.4 Å². The predicted molar refractivity (Wildman–Crippen MR) is 81.1 cm³/mol. The Balaban J connectivity index is 2.66. The van der Waals surface area contributed by atoms with E-state index in [0.717, 1.165) is 17.3 Å². The number of hydrogen-bond donors (Lipinski definition) is 1. The zero-order valence-electron chi connectivity index (χ0n) is 11.0. The minimum absolute atomic E-state index is 0.0656. The number of pyridine rings is 1. The van der Waals surface area contributed by atoms with Crippen LogP contribution in [0.25, 0.3) is 0 Å². The van der Waals surface area contributed by atoms with Gasteiger partial charge in [0.15, 0.2) is 0 Å². The molecule has 0 aliphatic rings. The van der Waals surface area contributed by atoms with Crippen molar-refractivity contribution in [3.05, 3.63) is 28.5 Å². The lowest BCUT2D eigenvalue weighted by atomic mass is 10.0. The van der Waals surface area contributed by atoms with E-state index in [1.807, 2.05) is 11.8 Å². The summed E-state index contributed by atoms with van der Waals surface area (Å²) in [4.78, 5) is 16.0. The van der Waals surface area contributed by atoms with Crippen molar-refractivity contribution in [3.8, 4) is 0 Å². The minimum Gasteiger partial charge on any atom is -0.351 e. The molecule has 0 spiro atoms. The molecule has 1 heterocycles. The summed E-state index contributed by atoms with van der Waals surface area (Å²) in [6, 6.07) is 1.78. The number of thioether (sulfide) groups is 1. The Morgan fingerprint density at radius 2 is 2.11 bits per heavy atom. The standard InChI is InChI=1S/C13H19BrN2OS/c1-4-13(5-2,18-3)9-16-12(17)10-6-11(14)8-15-7-10/h6-8H,4-5,9H2,1-3H3,(H,16,17). The third kappa shape index (κ3) is 3.99. The molecule has 0 saturated carbocycles. The molecule has 3 nitrogen and oxygen atoms in total. The molecular weight excluding hydrogens is 312 g/mol. The summed E-state index contributed by atoms with van der Waals surface area (Å²) in [5, 5.41) is 3.00. The second-order valence-corrected chi connectivity index (χ2v) is 6.36. The monoisotopic (exact) mass is 330 g/mol. The highest BCUT2D eigenvalue weighted by molar-refractivity contribution is 9.10. The van der Waals surface area contributed by atoms with Crippen molar-refractivity contribution in [2.45, 2.75) is 31.4 Å². The highest BCUT2D eigenvalue weighted by Crippen LogP contribution is 2.29. The largest absolute Gasteiger partial charge is 0.351 e. The normalized spacial score (nSPS) is 11.3. The molecule has 0 bridgehead atoms. The zero-order valence-corrected chi connectivity index (χ0v) is 13.4. The van der Waals surface area contributed by atoms with Crippen LogP contribution in [0.1, 0.15) is 37.0 Å². The molecule has 0 radical (unpaired) electrons. The average Bonchev–Trinajstić information content (AvgIpc) is 2.40. The number of carbonyl (C=O) groups is 1. The van der Waals surface area contributed by atoms with Gasteiger partial charge >= 0.3 is 0 Å². The first-order valence-corrected chi connectivity index (χ1v) is 8.02. The summed E-state index contributed by atoms with van der Waals surface area (Å²) < 4.78 is 0.951. The number of aromatic nitrogens is 1. The Labute approximate surface area is 121 Å². The maximum absolute atomic E-state index is 12.0. The van der Waals surface area contributed by atoms with Crippen LogP contribution in [-0.2, 0) is 0 Å². The Morgan fingerprint density at radius 3 is 2.61 bits per heavy atom. The van der Waals surface area contributed by atoms with Gasteiger partial charge in [-0.05, 0) is 41.1 Å². The fourth-order valence-corrected chi connectivity index (χ4v) is 2.90. The molecule has 1 aromatic rings. The van der Waals surface area contributed by atoms with Gasteiger partial charge in [-0.15, -0.1) is 0 Å². The van der Waals surface area contributed by atoms with Gasteiger partial charge in [-0.25, -0.2) is 0 Å². The van der Waals surface area contributed by atoms with Crippen molar-refractivity contribution in [2.24, 2.45) is 0 Å². The zero-order chi connectivity index (χ0) is 13.6. The van der Waals surface area contributed by atoms with Crippen LogP contribution in [0, 0.1) is 0 Å². The van der Waals surface area contributed by atoms with E-state index >= 15 is 0 Å². The maximum atomic E-state index is 12.0. The fraction of sp³-hybridized carbons (Fsp3) is 0.538. The lowest BCUT2D eigenvalue weighted by molar-refractivity contribution is 0.0948. The Kier molecular flexibility index (Phi) is 6.15. The highest BCUT2D eigenvalue weighted by atomic mass is 79.9.